The molecule has 0 aliphatic carbocycles. The maximum absolute atomic E-state index is 12.1. The molecular formula is C15H19NO2. The van der Waals surface area contributed by atoms with E-state index in [1.165, 1.54) is 5.56 Å². The van der Waals surface area contributed by atoms with Gasteiger partial charge in [-0.2, -0.15) is 0 Å². The molecule has 0 N–H and O–H groups in total. The van der Waals surface area contributed by atoms with Crippen molar-refractivity contribution >= 4 is 5.78 Å². The molecule has 0 radical (unpaired) electrons. The largest absolute Gasteiger partial charge is 0.500 e. The third kappa shape index (κ3) is 2.46. The van der Waals surface area contributed by atoms with Crippen LogP contribution in [0.5, 0.6) is 0 Å². The lowest BCUT2D eigenvalue weighted by Crippen LogP contribution is -2.52. The van der Waals surface area contributed by atoms with Crippen molar-refractivity contribution in [1.29, 1.82) is 0 Å². The van der Waals surface area contributed by atoms with Crippen molar-refractivity contribution in [1.82, 2.24) is 4.90 Å². The van der Waals surface area contributed by atoms with Crippen molar-refractivity contribution in [3.05, 3.63) is 47.7 Å². The molecule has 96 valence electrons. The van der Waals surface area contributed by atoms with Gasteiger partial charge in [-0.3, -0.25) is 9.69 Å². The molecular weight excluding hydrogens is 226 g/mol. The lowest BCUT2D eigenvalue weighted by molar-refractivity contribution is -0.126. The van der Waals surface area contributed by atoms with Crippen LogP contribution in [-0.4, -0.2) is 29.9 Å². The SMILES string of the molecule is COC1=CC(=O)C(C)(C)N(Cc2ccccc2)C1. The highest BCUT2D eigenvalue weighted by Crippen LogP contribution is 2.25. The van der Waals surface area contributed by atoms with Gasteiger partial charge >= 0.3 is 0 Å². The van der Waals surface area contributed by atoms with Crippen molar-refractivity contribution in [3.63, 3.8) is 0 Å². The van der Waals surface area contributed by atoms with E-state index >= 15 is 0 Å². The Bertz CT molecular complexity index is 463. The molecule has 18 heavy (non-hydrogen) atoms. The quantitative estimate of drug-likeness (QED) is 0.819. The zero-order valence-corrected chi connectivity index (χ0v) is 11.1. The van der Waals surface area contributed by atoms with Gasteiger partial charge in [-0.1, -0.05) is 30.3 Å². The Hall–Kier alpha value is -1.61. The predicted molar refractivity (Wildman–Crippen MR) is 71.0 cm³/mol. The van der Waals surface area contributed by atoms with Crippen LogP contribution in [0.1, 0.15) is 19.4 Å². The minimum atomic E-state index is -0.474. The van der Waals surface area contributed by atoms with Gasteiger partial charge in [-0.25, -0.2) is 0 Å². The zero-order valence-electron chi connectivity index (χ0n) is 11.1. The second kappa shape index (κ2) is 4.94. The van der Waals surface area contributed by atoms with Gasteiger partial charge in [0.1, 0.15) is 5.76 Å². The Labute approximate surface area is 108 Å². The maximum Gasteiger partial charge on any atom is 0.178 e. The molecule has 0 bridgehead atoms. The van der Waals surface area contributed by atoms with Crippen LogP contribution in [0.4, 0.5) is 0 Å². The van der Waals surface area contributed by atoms with E-state index in [9.17, 15) is 4.79 Å². The van der Waals surface area contributed by atoms with Gasteiger partial charge < -0.3 is 4.74 Å². The molecule has 1 heterocycles. The van der Waals surface area contributed by atoms with E-state index in [1.807, 2.05) is 32.0 Å². The van der Waals surface area contributed by atoms with Crippen molar-refractivity contribution in [2.24, 2.45) is 0 Å². The minimum absolute atomic E-state index is 0.0986. The number of methoxy groups -OCH3 is 1. The summed E-state index contributed by atoms with van der Waals surface area (Å²) >= 11 is 0. The molecule has 2 rings (SSSR count). The van der Waals surface area contributed by atoms with Crippen molar-refractivity contribution in [2.45, 2.75) is 25.9 Å². The summed E-state index contributed by atoms with van der Waals surface area (Å²) in [7, 11) is 1.61. The molecule has 0 unspecified atom stereocenters. The van der Waals surface area contributed by atoms with Crippen LogP contribution in [0.3, 0.4) is 0 Å². The first kappa shape index (κ1) is 12.8. The highest BCUT2D eigenvalue weighted by Gasteiger charge is 2.37. The lowest BCUT2D eigenvalue weighted by atomic mass is 9.92. The average Bonchev–Trinajstić information content (AvgIpc) is 2.36. The number of ether oxygens (including phenoxy) is 1. The van der Waals surface area contributed by atoms with E-state index in [0.717, 1.165) is 12.3 Å². The first-order valence-electron chi connectivity index (χ1n) is 6.12. The third-order valence-corrected chi connectivity index (χ3v) is 3.51. The third-order valence-electron chi connectivity index (χ3n) is 3.51. The number of rotatable bonds is 3. The summed E-state index contributed by atoms with van der Waals surface area (Å²) in [5.74, 6) is 0.830. The molecule has 0 aromatic heterocycles. The van der Waals surface area contributed by atoms with E-state index in [-0.39, 0.29) is 5.78 Å². The normalized spacial score (nSPS) is 19.5. The van der Waals surface area contributed by atoms with Crippen LogP contribution in [0.15, 0.2) is 42.2 Å². The summed E-state index contributed by atoms with van der Waals surface area (Å²) in [6, 6.07) is 10.2. The minimum Gasteiger partial charge on any atom is -0.500 e. The predicted octanol–water partition coefficient (Wildman–Crippen LogP) is 2.38. The fraction of sp³-hybridized carbons (Fsp3) is 0.400. The number of benzene rings is 1. The Morgan fingerprint density at radius 2 is 1.94 bits per heavy atom. The van der Waals surface area contributed by atoms with Crippen molar-refractivity contribution in [2.75, 3.05) is 13.7 Å². The molecule has 0 spiro atoms. The van der Waals surface area contributed by atoms with Crippen molar-refractivity contribution in [3.8, 4) is 0 Å². The summed E-state index contributed by atoms with van der Waals surface area (Å²) < 4.78 is 5.22. The molecule has 1 aromatic rings. The number of hydrogen-bond acceptors (Lipinski definition) is 3. The topological polar surface area (TPSA) is 29.5 Å². The summed E-state index contributed by atoms with van der Waals surface area (Å²) in [4.78, 5) is 14.2. The Kier molecular flexibility index (Phi) is 3.53. The monoisotopic (exact) mass is 245 g/mol. The van der Waals surface area contributed by atoms with Crippen molar-refractivity contribution < 1.29 is 9.53 Å². The molecule has 0 saturated heterocycles. The smallest absolute Gasteiger partial charge is 0.178 e. The number of hydrogen-bond donors (Lipinski definition) is 0. The molecule has 1 aliphatic heterocycles. The van der Waals surface area contributed by atoms with E-state index in [1.54, 1.807) is 13.2 Å². The molecule has 0 amide bonds. The zero-order chi connectivity index (χ0) is 13.2. The second-order valence-corrected chi connectivity index (χ2v) is 5.08. The molecule has 3 heteroatoms. The van der Waals surface area contributed by atoms with E-state index in [2.05, 4.69) is 17.0 Å². The van der Waals surface area contributed by atoms with Crippen LogP contribution < -0.4 is 0 Å². The summed E-state index contributed by atoms with van der Waals surface area (Å²) in [6.07, 6.45) is 1.61. The summed E-state index contributed by atoms with van der Waals surface area (Å²) in [6.45, 7) is 5.34. The maximum atomic E-state index is 12.1. The fourth-order valence-corrected chi connectivity index (χ4v) is 2.09. The molecule has 0 saturated carbocycles. The summed E-state index contributed by atoms with van der Waals surface area (Å²) in [5.41, 5.74) is 0.730. The van der Waals surface area contributed by atoms with Gasteiger partial charge in [-0.15, -0.1) is 0 Å². The van der Waals surface area contributed by atoms with E-state index in [4.69, 9.17) is 4.74 Å². The van der Waals surface area contributed by atoms with E-state index in [0.29, 0.717) is 6.54 Å². The molecule has 1 aromatic carbocycles. The Morgan fingerprint density at radius 1 is 1.28 bits per heavy atom. The average molecular weight is 245 g/mol. The van der Waals surface area contributed by atoms with Crippen LogP contribution in [0.25, 0.3) is 0 Å². The first-order valence-corrected chi connectivity index (χ1v) is 6.12. The van der Waals surface area contributed by atoms with Crippen LogP contribution in [0, 0.1) is 0 Å². The van der Waals surface area contributed by atoms with Crippen LogP contribution in [-0.2, 0) is 16.1 Å². The Balaban J connectivity index is 2.22. The lowest BCUT2D eigenvalue weighted by Gasteiger charge is -2.39. The number of carbonyl (C=O) groups is 1. The van der Waals surface area contributed by atoms with Gasteiger partial charge in [0.15, 0.2) is 5.78 Å². The number of ketones is 1. The number of carbonyl (C=O) groups excluding carboxylic acids is 1. The highest BCUT2D eigenvalue weighted by atomic mass is 16.5. The van der Waals surface area contributed by atoms with Crippen LogP contribution >= 0.6 is 0 Å². The summed E-state index contributed by atoms with van der Waals surface area (Å²) in [5, 5.41) is 0. The van der Waals surface area contributed by atoms with Gasteiger partial charge in [-0.05, 0) is 19.4 Å². The standard InChI is InChI=1S/C15H19NO2/c1-15(2)14(17)9-13(18-3)11-16(15)10-12-7-5-4-6-8-12/h4-9H,10-11H2,1-3H3. The van der Waals surface area contributed by atoms with Gasteiger partial charge in [0.25, 0.3) is 0 Å². The van der Waals surface area contributed by atoms with Gasteiger partial charge in [0.2, 0.25) is 0 Å². The molecule has 3 nitrogen and oxygen atoms in total. The molecule has 0 atom stereocenters. The van der Waals surface area contributed by atoms with E-state index < -0.39 is 5.54 Å². The highest BCUT2D eigenvalue weighted by molar-refractivity contribution is 5.98. The molecule has 0 fully saturated rings. The molecule has 1 aliphatic rings. The van der Waals surface area contributed by atoms with Crippen LogP contribution in [0.2, 0.25) is 0 Å². The first-order chi connectivity index (χ1) is 8.54. The van der Waals surface area contributed by atoms with Gasteiger partial charge in [0, 0.05) is 12.6 Å². The number of nitrogens with zero attached hydrogens (tertiary/aromatic N) is 1. The van der Waals surface area contributed by atoms with Gasteiger partial charge in [0.05, 0.1) is 19.2 Å². The Morgan fingerprint density at radius 3 is 2.56 bits per heavy atom. The second-order valence-electron chi connectivity index (χ2n) is 5.08. The fourth-order valence-electron chi connectivity index (χ4n) is 2.09.